The van der Waals surface area contributed by atoms with Gasteiger partial charge < -0.3 is 29.6 Å². The van der Waals surface area contributed by atoms with E-state index in [2.05, 4.69) is 10.6 Å². The largest absolute Gasteiger partial charge is 0.493 e. The summed E-state index contributed by atoms with van der Waals surface area (Å²) in [7, 11) is 4.37. The lowest BCUT2D eigenvalue weighted by Gasteiger charge is -2.19. The van der Waals surface area contributed by atoms with Crippen LogP contribution >= 0.6 is 67.8 Å². The number of esters is 1. The van der Waals surface area contributed by atoms with Crippen LogP contribution in [0.25, 0.3) is 0 Å². The van der Waals surface area contributed by atoms with Crippen LogP contribution < -0.4 is 29.6 Å². The van der Waals surface area contributed by atoms with Crippen LogP contribution in [0.5, 0.6) is 23.0 Å². The maximum atomic E-state index is 13.2. The minimum Gasteiger partial charge on any atom is -0.493 e. The van der Waals surface area contributed by atoms with E-state index in [-0.39, 0.29) is 23.1 Å². The van der Waals surface area contributed by atoms with Gasteiger partial charge >= 0.3 is 5.97 Å². The third-order valence-electron chi connectivity index (χ3n) is 3.97. The van der Waals surface area contributed by atoms with Crippen molar-refractivity contribution in [1.29, 1.82) is 0 Å². The van der Waals surface area contributed by atoms with Crippen LogP contribution in [0.1, 0.15) is 24.2 Å². The Morgan fingerprint density at radius 2 is 1.19 bits per heavy atom. The molecule has 12 heteroatoms. The molecule has 0 atom stereocenters. The van der Waals surface area contributed by atoms with E-state index in [1.54, 1.807) is 0 Å². The molecule has 0 saturated carbocycles. The first-order chi connectivity index (χ1) is 15.0. The van der Waals surface area contributed by atoms with Gasteiger partial charge in [0.2, 0.25) is 17.6 Å². The van der Waals surface area contributed by atoms with Crippen LogP contribution in [0, 0.1) is 10.7 Å². The topological polar surface area (TPSA) is 112 Å². The van der Waals surface area contributed by atoms with Crippen LogP contribution in [0.2, 0.25) is 0 Å². The monoisotopic (exact) mass is 780 g/mol. The Bertz CT molecular complexity index is 1020. The van der Waals surface area contributed by atoms with Crippen molar-refractivity contribution in [2.45, 2.75) is 13.8 Å². The SMILES string of the molecule is COc1cc(OC(=O)c2c(I)c(NC(C)=O)c(I)c(NC(C)=O)c2I)cc(OC)c1OC. The summed E-state index contributed by atoms with van der Waals surface area (Å²) >= 11 is 5.94. The molecule has 0 aliphatic rings. The van der Waals surface area contributed by atoms with E-state index in [1.807, 2.05) is 67.8 Å². The average Bonchev–Trinajstić information content (AvgIpc) is 2.73. The van der Waals surface area contributed by atoms with Gasteiger partial charge in [0.15, 0.2) is 11.5 Å². The van der Waals surface area contributed by atoms with Crippen LogP contribution in [0.4, 0.5) is 11.4 Å². The number of nitrogens with one attached hydrogen (secondary N) is 2. The minimum atomic E-state index is -0.692. The zero-order chi connectivity index (χ0) is 24.2. The van der Waals surface area contributed by atoms with E-state index in [0.717, 1.165) is 0 Å². The van der Waals surface area contributed by atoms with E-state index in [4.69, 9.17) is 18.9 Å². The number of halogens is 3. The molecule has 0 bridgehead atoms. The molecule has 0 aliphatic heterocycles. The summed E-state index contributed by atoms with van der Waals surface area (Å²) in [6, 6.07) is 2.99. The lowest BCUT2D eigenvalue weighted by Crippen LogP contribution is -2.20. The van der Waals surface area contributed by atoms with E-state index < -0.39 is 5.97 Å². The van der Waals surface area contributed by atoms with Crippen LogP contribution in [-0.2, 0) is 9.59 Å². The van der Waals surface area contributed by atoms with Crippen molar-refractivity contribution in [3.63, 3.8) is 0 Å². The lowest BCUT2D eigenvalue weighted by atomic mass is 10.1. The number of anilines is 2. The lowest BCUT2D eigenvalue weighted by molar-refractivity contribution is -0.115. The summed E-state index contributed by atoms with van der Waals surface area (Å²) in [4.78, 5) is 36.7. The summed E-state index contributed by atoms with van der Waals surface area (Å²) in [5.41, 5.74) is 0.993. The van der Waals surface area contributed by atoms with Crippen molar-refractivity contribution in [2.75, 3.05) is 32.0 Å². The van der Waals surface area contributed by atoms with Crippen molar-refractivity contribution >= 4 is 96.9 Å². The molecule has 0 aromatic heterocycles. The van der Waals surface area contributed by atoms with Crippen molar-refractivity contribution in [3.05, 3.63) is 28.4 Å². The van der Waals surface area contributed by atoms with Gasteiger partial charge in [0.05, 0.1) is 49.0 Å². The van der Waals surface area contributed by atoms with Gasteiger partial charge in [0.25, 0.3) is 0 Å². The number of hydrogen-bond acceptors (Lipinski definition) is 7. The maximum absolute atomic E-state index is 13.2. The number of benzene rings is 2. The van der Waals surface area contributed by atoms with E-state index in [1.165, 1.54) is 47.3 Å². The molecule has 0 radical (unpaired) electrons. The number of rotatable bonds is 7. The number of carbonyl (C=O) groups excluding carboxylic acids is 3. The molecule has 2 aromatic rings. The highest BCUT2D eigenvalue weighted by atomic mass is 127. The van der Waals surface area contributed by atoms with Crippen LogP contribution in [0.15, 0.2) is 12.1 Å². The zero-order valence-corrected chi connectivity index (χ0v) is 24.1. The smallest absolute Gasteiger partial charge is 0.345 e. The summed E-state index contributed by atoms with van der Waals surface area (Å²) in [5.74, 6) is -0.174. The first-order valence-electron chi connectivity index (χ1n) is 8.83. The van der Waals surface area contributed by atoms with Gasteiger partial charge in [-0.1, -0.05) is 0 Å². The zero-order valence-electron chi connectivity index (χ0n) is 17.6. The molecule has 2 N–H and O–H groups in total. The summed E-state index contributed by atoms with van der Waals surface area (Å²) in [5, 5.41) is 5.44. The maximum Gasteiger partial charge on any atom is 0.345 e. The molecule has 2 rings (SSSR count). The highest BCUT2D eigenvalue weighted by Crippen LogP contribution is 2.42. The Hall–Kier alpha value is -1.56. The Balaban J connectivity index is 2.63. The molecule has 0 unspecified atom stereocenters. The van der Waals surface area contributed by atoms with Crippen molar-refractivity contribution in [2.24, 2.45) is 0 Å². The quantitative estimate of drug-likeness (QED) is 0.239. The van der Waals surface area contributed by atoms with Crippen LogP contribution in [-0.4, -0.2) is 39.1 Å². The Morgan fingerprint density at radius 1 is 0.750 bits per heavy atom. The molecule has 0 spiro atoms. The van der Waals surface area contributed by atoms with Crippen LogP contribution in [0.3, 0.4) is 0 Å². The number of ether oxygens (including phenoxy) is 4. The average molecular weight is 780 g/mol. The molecule has 0 aliphatic carbocycles. The Morgan fingerprint density at radius 3 is 1.53 bits per heavy atom. The van der Waals surface area contributed by atoms with E-state index in [0.29, 0.717) is 39.3 Å². The molecule has 172 valence electrons. The fourth-order valence-electron chi connectivity index (χ4n) is 2.69. The predicted molar refractivity (Wildman–Crippen MR) is 144 cm³/mol. The van der Waals surface area contributed by atoms with Gasteiger partial charge in [-0.25, -0.2) is 4.79 Å². The highest BCUT2D eigenvalue weighted by molar-refractivity contribution is 14.1. The molecule has 2 amide bonds. The molecule has 2 aromatic carbocycles. The fourth-order valence-corrected chi connectivity index (χ4v) is 6.83. The minimum absolute atomic E-state index is 0.164. The number of hydrogen-bond donors (Lipinski definition) is 2. The second kappa shape index (κ2) is 11.5. The fraction of sp³-hybridized carbons (Fsp3) is 0.250. The normalized spacial score (nSPS) is 10.2. The second-order valence-corrected chi connectivity index (χ2v) is 9.42. The first kappa shape index (κ1) is 26.7. The third-order valence-corrected chi connectivity index (χ3v) is 7.21. The molecule has 9 nitrogen and oxygen atoms in total. The van der Waals surface area contributed by atoms with Gasteiger partial charge in [-0.3, -0.25) is 9.59 Å². The molecule has 0 saturated heterocycles. The van der Waals surface area contributed by atoms with Crippen molar-refractivity contribution < 1.29 is 33.3 Å². The molecule has 0 fully saturated rings. The molecular formula is C20H19I3N2O7. The standard InChI is InChI=1S/C20H19I3N2O7/c1-8(26)24-17-14(21)13(15(22)18(16(17)23)25-9(2)27)20(28)32-10-6-11(29-3)19(31-5)12(7-10)30-4/h6-7H,1-5H3,(H,24,26)(H,25,27). The number of methoxy groups -OCH3 is 3. The van der Waals surface area contributed by atoms with E-state index in [9.17, 15) is 14.4 Å². The molecule has 32 heavy (non-hydrogen) atoms. The van der Waals surface area contributed by atoms with E-state index >= 15 is 0 Å². The van der Waals surface area contributed by atoms with Crippen molar-refractivity contribution in [3.8, 4) is 23.0 Å². The predicted octanol–water partition coefficient (Wildman–Crippen LogP) is 4.66. The summed E-state index contributed by atoms with van der Waals surface area (Å²) in [6.45, 7) is 2.71. The van der Waals surface area contributed by atoms with Gasteiger partial charge in [0, 0.05) is 26.0 Å². The summed E-state index contributed by atoms with van der Waals surface area (Å²) in [6.07, 6.45) is 0. The number of carbonyl (C=O) groups is 3. The number of amides is 2. The Kier molecular flexibility index (Phi) is 9.62. The van der Waals surface area contributed by atoms with Gasteiger partial charge in [0.1, 0.15) is 5.75 Å². The highest BCUT2D eigenvalue weighted by Gasteiger charge is 2.27. The Labute approximate surface area is 225 Å². The van der Waals surface area contributed by atoms with Gasteiger partial charge in [-0.05, 0) is 67.8 Å². The third kappa shape index (κ3) is 5.86. The molecule has 0 heterocycles. The van der Waals surface area contributed by atoms with Crippen molar-refractivity contribution in [1.82, 2.24) is 0 Å². The first-order valence-corrected chi connectivity index (χ1v) is 12.1. The van der Waals surface area contributed by atoms with Gasteiger partial charge in [-0.15, -0.1) is 0 Å². The van der Waals surface area contributed by atoms with Gasteiger partial charge in [-0.2, -0.15) is 0 Å². The summed E-state index contributed by atoms with van der Waals surface area (Å²) < 4.78 is 23.0. The molecular weight excluding hydrogens is 761 g/mol. The second-order valence-electron chi connectivity index (χ2n) is 6.18.